The monoisotopic (exact) mass is 404 g/mol. The summed E-state index contributed by atoms with van der Waals surface area (Å²) in [5, 5.41) is 5.37. The molecule has 0 atom stereocenters. The van der Waals surface area contributed by atoms with Crippen molar-refractivity contribution in [3.63, 3.8) is 0 Å². The molecule has 0 aliphatic heterocycles. The molecule has 3 rings (SSSR count). The van der Waals surface area contributed by atoms with Gasteiger partial charge in [-0.05, 0) is 30.4 Å². The molecule has 5 nitrogen and oxygen atoms in total. The van der Waals surface area contributed by atoms with Crippen LogP contribution in [0.5, 0.6) is 0 Å². The Kier molecular flexibility index (Phi) is 5.67. The standard InChI is InChI=1S/C20H21ClN2O3S/c1-4-26-19(25)17-13-9-20(2,3)10-15(24)16(13)18(27-17)23-22-11-12-7-5-6-8-14(12)21/h5-8,11,23H,4,9-10H2,1-3H3/b22-11+. The summed E-state index contributed by atoms with van der Waals surface area (Å²) in [6.07, 6.45) is 2.67. The average molecular weight is 405 g/mol. The van der Waals surface area contributed by atoms with Crippen LogP contribution in [-0.4, -0.2) is 24.6 Å². The molecule has 0 bridgehead atoms. The number of hydrogen-bond donors (Lipinski definition) is 1. The fourth-order valence-electron chi connectivity index (χ4n) is 3.17. The van der Waals surface area contributed by atoms with Gasteiger partial charge in [-0.15, -0.1) is 11.3 Å². The zero-order valence-corrected chi connectivity index (χ0v) is 17.0. The number of ether oxygens (including phenoxy) is 1. The van der Waals surface area contributed by atoms with Gasteiger partial charge in [-0.25, -0.2) is 4.79 Å². The molecule has 1 heterocycles. The number of carbonyl (C=O) groups excluding carboxylic acids is 2. The van der Waals surface area contributed by atoms with Crippen molar-refractivity contribution < 1.29 is 14.3 Å². The van der Waals surface area contributed by atoms with Crippen LogP contribution < -0.4 is 5.43 Å². The molecule has 1 aliphatic carbocycles. The number of ketones is 1. The molecule has 0 fully saturated rings. The molecule has 1 aliphatic rings. The molecular weight excluding hydrogens is 384 g/mol. The van der Waals surface area contributed by atoms with Gasteiger partial charge >= 0.3 is 5.97 Å². The summed E-state index contributed by atoms with van der Waals surface area (Å²) in [6, 6.07) is 7.33. The SMILES string of the molecule is CCOC(=O)c1sc(N/N=C/c2ccccc2Cl)c2c1CC(C)(C)CC2=O. The number of rotatable bonds is 5. The lowest BCUT2D eigenvalue weighted by Crippen LogP contribution is -2.27. The first kappa shape index (κ1) is 19.6. The molecule has 0 amide bonds. The first-order valence-electron chi connectivity index (χ1n) is 8.72. The van der Waals surface area contributed by atoms with E-state index in [4.69, 9.17) is 16.3 Å². The molecule has 1 aromatic heterocycles. The Balaban J connectivity index is 1.95. The Labute approximate surface area is 167 Å². The minimum Gasteiger partial charge on any atom is -0.462 e. The van der Waals surface area contributed by atoms with E-state index in [9.17, 15) is 9.59 Å². The molecule has 7 heteroatoms. The van der Waals surface area contributed by atoms with E-state index < -0.39 is 5.97 Å². The highest BCUT2D eigenvalue weighted by molar-refractivity contribution is 7.18. The highest BCUT2D eigenvalue weighted by atomic mass is 35.5. The van der Waals surface area contributed by atoms with E-state index in [1.54, 1.807) is 19.2 Å². The fraction of sp³-hybridized carbons (Fsp3) is 0.350. The quantitative estimate of drug-likeness (QED) is 0.423. The number of esters is 1. The van der Waals surface area contributed by atoms with Gasteiger partial charge < -0.3 is 4.74 Å². The van der Waals surface area contributed by atoms with Crippen LogP contribution in [0.4, 0.5) is 5.00 Å². The van der Waals surface area contributed by atoms with Crippen molar-refractivity contribution in [2.75, 3.05) is 12.0 Å². The fourth-order valence-corrected chi connectivity index (χ4v) is 4.44. The number of anilines is 1. The largest absolute Gasteiger partial charge is 0.462 e. The first-order valence-corrected chi connectivity index (χ1v) is 9.91. The summed E-state index contributed by atoms with van der Waals surface area (Å²) in [6.45, 7) is 6.11. The first-order chi connectivity index (χ1) is 12.8. The van der Waals surface area contributed by atoms with Gasteiger partial charge in [-0.2, -0.15) is 5.10 Å². The average Bonchev–Trinajstić information content (AvgIpc) is 2.94. The van der Waals surface area contributed by atoms with E-state index in [0.29, 0.717) is 33.3 Å². The number of fused-ring (bicyclic) bond motifs is 1. The van der Waals surface area contributed by atoms with Crippen LogP contribution in [0.2, 0.25) is 5.02 Å². The zero-order chi connectivity index (χ0) is 19.6. The van der Waals surface area contributed by atoms with E-state index in [0.717, 1.165) is 11.1 Å². The van der Waals surface area contributed by atoms with E-state index in [-0.39, 0.29) is 17.8 Å². The Morgan fingerprint density at radius 2 is 2.11 bits per heavy atom. The normalized spacial score (nSPS) is 15.6. The van der Waals surface area contributed by atoms with Crippen LogP contribution >= 0.6 is 22.9 Å². The van der Waals surface area contributed by atoms with Crippen LogP contribution in [0.3, 0.4) is 0 Å². The van der Waals surface area contributed by atoms with Crippen molar-refractivity contribution in [2.24, 2.45) is 10.5 Å². The third kappa shape index (κ3) is 4.22. The number of nitrogens with one attached hydrogen (secondary N) is 1. The number of benzene rings is 1. The molecule has 0 saturated carbocycles. The predicted molar refractivity (Wildman–Crippen MR) is 109 cm³/mol. The molecule has 27 heavy (non-hydrogen) atoms. The smallest absolute Gasteiger partial charge is 0.348 e. The maximum Gasteiger partial charge on any atom is 0.348 e. The van der Waals surface area contributed by atoms with Crippen molar-refractivity contribution in [1.82, 2.24) is 0 Å². The van der Waals surface area contributed by atoms with Gasteiger partial charge in [0.05, 0.1) is 18.4 Å². The van der Waals surface area contributed by atoms with E-state index in [1.807, 2.05) is 32.0 Å². The Bertz CT molecular complexity index is 918. The van der Waals surface area contributed by atoms with Crippen molar-refractivity contribution in [3.05, 3.63) is 50.9 Å². The Morgan fingerprint density at radius 3 is 2.81 bits per heavy atom. The predicted octanol–water partition coefficient (Wildman–Crippen LogP) is 5.18. The maximum absolute atomic E-state index is 12.7. The third-order valence-corrected chi connectivity index (χ3v) is 5.78. The lowest BCUT2D eigenvalue weighted by atomic mass is 9.74. The highest BCUT2D eigenvalue weighted by Gasteiger charge is 2.37. The van der Waals surface area contributed by atoms with Crippen molar-refractivity contribution in [2.45, 2.75) is 33.6 Å². The summed E-state index contributed by atoms with van der Waals surface area (Å²) in [7, 11) is 0. The number of hydrazone groups is 1. The van der Waals surface area contributed by atoms with Gasteiger partial charge in [0.15, 0.2) is 5.78 Å². The molecule has 0 unspecified atom stereocenters. The Hall–Kier alpha value is -2.18. The summed E-state index contributed by atoms with van der Waals surface area (Å²) in [4.78, 5) is 25.6. The number of nitrogens with zero attached hydrogens (tertiary/aromatic N) is 1. The van der Waals surface area contributed by atoms with Gasteiger partial charge in [-0.3, -0.25) is 10.2 Å². The number of hydrogen-bond acceptors (Lipinski definition) is 6. The lowest BCUT2D eigenvalue weighted by molar-refractivity contribution is 0.0530. The van der Waals surface area contributed by atoms with Gasteiger partial charge in [-0.1, -0.05) is 43.6 Å². The summed E-state index contributed by atoms with van der Waals surface area (Å²) in [5.41, 5.74) is 4.81. The van der Waals surface area contributed by atoms with Crippen molar-refractivity contribution in [1.29, 1.82) is 0 Å². The summed E-state index contributed by atoms with van der Waals surface area (Å²) >= 11 is 7.34. The Morgan fingerprint density at radius 1 is 1.37 bits per heavy atom. The second-order valence-corrected chi connectivity index (χ2v) is 8.59. The van der Waals surface area contributed by atoms with Crippen LogP contribution in [0, 0.1) is 5.41 Å². The number of Topliss-reactive ketones (excluding diaryl/α,β-unsaturated/α-hetero) is 1. The van der Waals surface area contributed by atoms with Gasteiger partial charge in [0.1, 0.15) is 9.88 Å². The molecule has 0 saturated heterocycles. The van der Waals surface area contributed by atoms with Crippen LogP contribution in [-0.2, 0) is 11.2 Å². The molecule has 1 N–H and O–H groups in total. The zero-order valence-electron chi connectivity index (χ0n) is 15.5. The van der Waals surface area contributed by atoms with Crippen molar-refractivity contribution >= 4 is 45.9 Å². The molecule has 1 aromatic carbocycles. The van der Waals surface area contributed by atoms with Gasteiger partial charge in [0.2, 0.25) is 0 Å². The number of halogens is 1. The molecule has 2 aromatic rings. The van der Waals surface area contributed by atoms with Gasteiger partial charge in [0, 0.05) is 17.0 Å². The van der Waals surface area contributed by atoms with Crippen molar-refractivity contribution in [3.8, 4) is 0 Å². The van der Waals surface area contributed by atoms with E-state index in [1.165, 1.54) is 11.3 Å². The second-order valence-electron chi connectivity index (χ2n) is 7.17. The van der Waals surface area contributed by atoms with Gasteiger partial charge in [0.25, 0.3) is 0 Å². The van der Waals surface area contributed by atoms with Crippen LogP contribution in [0.25, 0.3) is 0 Å². The molecule has 0 radical (unpaired) electrons. The van der Waals surface area contributed by atoms with Crippen LogP contribution in [0.15, 0.2) is 29.4 Å². The second kappa shape index (κ2) is 7.82. The minimum atomic E-state index is -0.396. The van der Waals surface area contributed by atoms with Crippen LogP contribution in [0.1, 0.15) is 58.3 Å². The molecule has 0 spiro atoms. The highest BCUT2D eigenvalue weighted by Crippen LogP contribution is 2.44. The summed E-state index contributed by atoms with van der Waals surface area (Å²) < 4.78 is 5.18. The minimum absolute atomic E-state index is 0.0171. The number of thiophene rings is 1. The molecular formula is C20H21ClN2O3S. The van der Waals surface area contributed by atoms with E-state index in [2.05, 4.69) is 10.5 Å². The third-order valence-electron chi connectivity index (χ3n) is 4.32. The van der Waals surface area contributed by atoms with E-state index >= 15 is 0 Å². The lowest BCUT2D eigenvalue weighted by Gasteiger charge is -2.29. The topological polar surface area (TPSA) is 67.8 Å². The number of carbonyl (C=O) groups is 2. The summed E-state index contributed by atoms with van der Waals surface area (Å²) in [5.74, 6) is -0.379. The maximum atomic E-state index is 12.7. The molecule has 142 valence electrons.